The van der Waals surface area contributed by atoms with Crippen LogP contribution in [-0.2, 0) is 6.18 Å². The van der Waals surface area contributed by atoms with E-state index in [-0.39, 0.29) is 33.5 Å². The van der Waals surface area contributed by atoms with Crippen molar-refractivity contribution in [3.05, 3.63) is 96.4 Å². The van der Waals surface area contributed by atoms with E-state index < -0.39 is 51.8 Å². The van der Waals surface area contributed by atoms with Gasteiger partial charge in [0.15, 0.2) is 0 Å². The van der Waals surface area contributed by atoms with Crippen LogP contribution in [0, 0.1) is 11.6 Å². The molecule has 4 nitrogen and oxygen atoms in total. The first-order valence-corrected chi connectivity index (χ1v) is 10.9. The third kappa shape index (κ3) is 4.49. The molecule has 0 fully saturated rings. The predicted octanol–water partition coefficient (Wildman–Crippen LogP) is 7.14. The van der Waals surface area contributed by atoms with Gasteiger partial charge in [0, 0.05) is 31.9 Å². The smallest absolute Gasteiger partial charge is 0.341 e. The van der Waals surface area contributed by atoms with Crippen molar-refractivity contribution in [2.75, 3.05) is 5.32 Å². The lowest BCUT2D eigenvalue weighted by atomic mass is 9.96. The number of benzene rings is 3. The molecule has 1 aliphatic rings. The maximum Gasteiger partial charge on any atom is 0.417 e. The van der Waals surface area contributed by atoms with Gasteiger partial charge in [-0.2, -0.15) is 13.2 Å². The summed E-state index contributed by atoms with van der Waals surface area (Å²) in [6, 6.07) is 6.11. The maximum atomic E-state index is 13.9. The number of fused-ring (bicyclic) bond motifs is 1. The largest absolute Gasteiger partial charge is 0.417 e. The van der Waals surface area contributed by atoms with Crippen LogP contribution in [0.25, 0.3) is 0 Å². The van der Waals surface area contributed by atoms with E-state index in [2.05, 4.69) is 26.6 Å². The van der Waals surface area contributed by atoms with Crippen LogP contribution in [0.1, 0.15) is 43.4 Å². The number of amides is 2. The highest BCUT2D eigenvalue weighted by Crippen LogP contribution is 2.42. The molecule has 0 spiro atoms. The summed E-state index contributed by atoms with van der Waals surface area (Å²) in [5.74, 6) is -3.65. The number of halogens is 8. The number of nitrogens with one attached hydrogen (secondary N) is 2. The van der Waals surface area contributed by atoms with Crippen molar-refractivity contribution in [2.45, 2.75) is 12.2 Å². The molecule has 4 rings (SSSR count). The van der Waals surface area contributed by atoms with Crippen LogP contribution < -0.4 is 10.6 Å². The number of anilines is 1. The highest BCUT2D eigenvalue weighted by atomic mass is 79.9. The molecule has 0 saturated carbocycles. The van der Waals surface area contributed by atoms with Gasteiger partial charge >= 0.3 is 6.18 Å². The van der Waals surface area contributed by atoms with Gasteiger partial charge in [0.2, 0.25) is 0 Å². The second-order valence-corrected chi connectivity index (χ2v) is 8.95. The zero-order chi connectivity index (χ0) is 24.9. The van der Waals surface area contributed by atoms with Gasteiger partial charge in [-0.05, 0) is 42.5 Å². The number of hydrogen-bond acceptors (Lipinski definition) is 2. The number of carbonyl (C=O) groups excluding carboxylic acids is 2. The summed E-state index contributed by atoms with van der Waals surface area (Å²) in [7, 11) is 0. The SMILES string of the molecule is O=C(Nc1cc(Br)cc2c1C(c1cc(F)ccc1Cl)NC2=O)c1cc(F)cc(C(F)(F)F)c1Cl. The topological polar surface area (TPSA) is 58.2 Å². The molecule has 2 amide bonds. The van der Waals surface area contributed by atoms with Gasteiger partial charge in [0.25, 0.3) is 11.8 Å². The highest BCUT2D eigenvalue weighted by molar-refractivity contribution is 9.10. The van der Waals surface area contributed by atoms with Crippen molar-refractivity contribution in [3.63, 3.8) is 0 Å². The number of rotatable bonds is 3. The number of alkyl halides is 3. The molecule has 0 aromatic heterocycles. The Labute approximate surface area is 207 Å². The van der Waals surface area contributed by atoms with Crippen molar-refractivity contribution in [1.82, 2.24) is 5.32 Å². The van der Waals surface area contributed by atoms with Crippen molar-refractivity contribution < 1.29 is 31.5 Å². The number of carbonyl (C=O) groups is 2. The molecule has 3 aromatic rings. The van der Waals surface area contributed by atoms with Crippen LogP contribution >= 0.6 is 39.1 Å². The van der Waals surface area contributed by atoms with Crippen molar-refractivity contribution in [2.24, 2.45) is 0 Å². The van der Waals surface area contributed by atoms with Crippen LogP contribution in [-0.4, -0.2) is 11.8 Å². The van der Waals surface area contributed by atoms with E-state index in [0.717, 1.165) is 12.1 Å². The fraction of sp³-hybridized carbons (Fsp3) is 0.0909. The zero-order valence-electron chi connectivity index (χ0n) is 16.5. The molecular weight excluding hydrogens is 570 g/mol. The molecular formula is C22H10BrCl2F5N2O2. The van der Waals surface area contributed by atoms with Crippen molar-refractivity contribution in [1.29, 1.82) is 0 Å². The first kappa shape index (κ1) is 24.4. The molecule has 0 saturated heterocycles. The molecule has 1 unspecified atom stereocenters. The monoisotopic (exact) mass is 578 g/mol. The Balaban J connectivity index is 1.82. The van der Waals surface area contributed by atoms with Gasteiger partial charge in [-0.3, -0.25) is 9.59 Å². The van der Waals surface area contributed by atoms with E-state index in [1.54, 1.807) is 0 Å². The lowest BCUT2D eigenvalue weighted by molar-refractivity contribution is -0.137. The minimum atomic E-state index is -5.00. The molecule has 1 aliphatic heterocycles. The Morgan fingerprint density at radius 3 is 2.41 bits per heavy atom. The van der Waals surface area contributed by atoms with Crippen LogP contribution in [0.4, 0.5) is 27.6 Å². The van der Waals surface area contributed by atoms with E-state index in [0.29, 0.717) is 10.5 Å². The lowest BCUT2D eigenvalue weighted by Gasteiger charge is -2.19. The van der Waals surface area contributed by atoms with Gasteiger partial charge in [0.1, 0.15) is 11.6 Å². The Morgan fingerprint density at radius 1 is 1.03 bits per heavy atom. The average molecular weight is 580 g/mol. The van der Waals surface area contributed by atoms with Crippen LogP contribution in [0.5, 0.6) is 0 Å². The predicted molar refractivity (Wildman–Crippen MR) is 119 cm³/mol. The summed E-state index contributed by atoms with van der Waals surface area (Å²) in [6.45, 7) is 0. The second-order valence-electron chi connectivity index (χ2n) is 7.25. The van der Waals surface area contributed by atoms with Gasteiger partial charge in [-0.15, -0.1) is 0 Å². The van der Waals surface area contributed by atoms with Crippen LogP contribution in [0.15, 0.2) is 46.9 Å². The first-order chi connectivity index (χ1) is 15.9. The summed E-state index contributed by atoms with van der Waals surface area (Å²) in [6.07, 6.45) is -5.00. The zero-order valence-corrected chi connectivity index (χ0v) is 19.6. The maximum absolute atomic E-state index is 13.9. The van der Waals surface area contributed by atoms with E-state index in [1.807, 2.05) is 0 Å². The molecule has 12 heteroatoms. The third-order valence-electron chi connectivity index (χ3n) is 5.06. The normalized spacial score (nSPS) is 15.2. The lowest BCUT2D eigenvalue weighted by Crippen LogP contribution is -2.21. The van der Waals surface area contributed by atoms with Gasteiger partial charge in [-0.1, -0.05) is 39.1 Å². The standard InChI is InChI=1S/C22H10BrCl2F5N2O2/c23-8-3-12-17(19(32-20(12)33)11-5-9(26)1-2-15(11)24)16(4-8)31-21(34)13-6-10(27)7-14(18(13)25)22(28,29)30/h1-7,19H,(H,31,34)(H,32,33). The fourth-order valence-corrected chi connectivity index (χ4v) is 4.61. The molecule has 0 bridgehead atoms. The van der Waals surface area contributed by atoms with Crippen LogP contribution in [0.2, 0.25) is 10.0 Å². The van der Waals surface area contributed by atoms with Crippen molar-refractivity contribution >= 4 is 56.6 Å². The molecule has 0 radical (unpaired) electrons. The molecule has 2 N–H and O–H groups in total. The highest BCUT2D eigenvalue weighted by Gasteiger charge is 2.37. The number of hydrogen-bond donors (Lipinski definition) is 2. The molecule has 1 atom stereocenters. The summed E-state index contributed by atoms with van der Waals surface area (Å²) >= 11 is 15.2. The molecule has 176 valence electrons. The summed E-state index contributed by atoms with van der Waals surface area (Å²) in [5.41, 5.74) is -1.80. The Bertz CT molecular complexity index is 1360. The minimum absolute atomic E-state index is 0.00746. The van der Waals surface area contributed by atoms with E-state index in [9.17, 15) is 31.5 Å². The van der Waals surface area contributed by atoms with E-state index in [4.69, 9.17) is 23.2 Å². The van der Waals surface area contributed by atoms with Gasteiger partial charge in [-0.25, -0.2) is 8.78 Å². The van der Waals surface area contributed by atoms with Gasteiger partial charge in [0.05, 0.1) is 22.2 Å². The first-order valence-electron chi connectivity index (χ1n) is 9.33. The third-order valence-corrected chi connectivity index (χ3v) is 6.27. The molecule has 0 aliphatic carbocycles. The average Bonchev–Trinajstić information content (AvgIpc) is 3.06. The molecule has 3 aromatic carbocycles. The Kier molecular flexibility index (Phi) is 6.34. The summed E-state index contributed by atoms with van der Waals surface area (Å²) < 4.78 is 67.8. The van der Waals surface area contributed by atoms with Gasteiger partial charge < -0.3 is 10.6 Å². The quantitative estimate of drug-likeness (QED) is 0.324. The Hall–Kier alpha value is -2.69. The van der Waals surface area contributed by atoms with Crippen LogP contribution in [0.3, 0.4) is 0 Å². The van der Waals surface area contributed by atoms with Crippen molar-refractivity contribution in [3.8, 4) is 0 Å². The Morgan fingerprint density at radius 2 is 1.74 bits per heavy atom. The summed E-state index contributed by atoms with van der Waals surface area (Å²) in [5, 5.41) is 4.16. The van der Waals surface area contributed by atoms with E-state index >= 15 is 0 Å². The molecule has 34 heavy (non-hydrogen) atoms. The fourth-order valence-electron chi connectivity index (χ4n) is 3.62. The summed E-state index contributed by atoms with van der Waals surface area (Å²) in [4.78, 5) is 25.5. The van der Waals surface area contributed by atoms with E-state index in [1.165, 1.54) is 18.2 Å². The minimum Gasteiger partial charge on any atom is -0.341 e. The molecule has 1 heterocycles. The second kappa shape index (κ2) is 8.83.